The summed E-state index contributed by atoms with van der Waals surface area (Å²) in [6.07, 6.45) is 10.2. The molecule has 6 nitrogen and oxygen atoms in total. The van der Waals surface area contributed by atoms with Gasteiger partial charge >= 0.3 is 5.97 Å². The summed E-state index contributed by atoms with van der Waals surface area (Å²) in [4.78, 5) is 21.1. The minimum atomic E-state index is -0.408. The molecular formula is C20H29N3O3. The second kappa shape index (κ2) is 6.25. The molecule has 6 rings (SSSR count). The average Bonchev–Trinajstić information content (AvgIpc) is 3.11. The first-order valence-electron chi connectivity index (χ1n) is 10.3. The van der Waals surface area contributed by atoms with Gasteiger partial charge in [0.05, 0.1) is 6.61 Å². The third kappa shape index (κ3) is 2.73. The number of hydrogen-bond donors (Lipinski definition) is 0. The molecule has 142 valence electrons. The standard InChI is InChI=1S/C20H29N3O3/c1-2-25-18(24)17-13-26-19(21-17)22-3-5-23(6-4-22)20-10-14-7-15(11-20)9-16(8-14)12-20/h13-16H,2-12H2,1H3. The number of carbonyl (C=O) groups is 1. The molecule has 0 aromatic carbocycles. The number of piperazine rings is 1. The Morgan fingerprint density at radius 3 is 2.35 bits per heavy atom. The zero-order valence-electron chi connectivity index (χ0n) is 15.7. The number of anilines is 1. The summed E-state index contributed by atoms with van der Waals surface area (Å²) in [5.41, 5.74) is 0.749. The fourth-order valence-corrected chi connectivity index (χ4v) is 6.53. The lowest BCUT2D eigenvalue weighted by Gasteiger charge is -2.61. The largest absolute Gasteiger partial charge is 0.461 e. The molecule has 5 fully saturated rings. The molecule has 1 aromatic rings. The summed E-state index contributed by atoms with van der Waals surface area (Å²) >= 11 is 0. The maximum atomic E-state index is 11.8. The highest BCUT2D eigenvalue weighted by molar-refractivity contribution is 5.87. The number of aromatic nitrogens is 1. The van der Waals surface area contributed by atoms with Crippen LogP contribution in [-0.2, 0) is 4.74 Å². The number of oxazole rings is 1. The molecule has 1 saturated heterocycles. The summed E-state index contributed by atoms with van der Waals surface area (Å²) in [6, 6.07) is 0.554. The average molecular weight is 359 g/mol. The minimum Gasteiger partial charge on any atom is -0.461 e. The lowest BCUT2D eigenvalue weighted by Crippen LogP contribution is -2.64. The smallest absolute Gasteiger partial charge is 0.360 e. The molecule has 2 heterocycles. The second-order valence-electron chi connectivity index (χ2n) is 8.85. The van der Waals surface area contributed by atoms with Crippen LogP contribution in [0.5, 0.6) is 0 Å². The molecule has 0 amide bonds. The second-order valence-corrected chi connectivity index (χ2v) is 8.85. The topological polar surface area (TPSA) is 58.8 Å². The van der Waals surface area contributed by atoms with Gasteiger partial charge in [0.25, 0.3) is 6.01 Å². The highest BCUT2D eigenvalue weighted by Gasteiger charge is 2.53. The van der Waals surface area contributed by atoms with Crippen molar-refractivity contribution in [3.8, 4) is 0 Å². The van der Waals surface area contributed by atoms with Gasteiger partial charge in [-0.3, -0.25) is 4.90 Å². The van der Waals surface area contributed by atoms with Crippen molar-refractivity contribution in [1.82, 2.24) is 9.88 Å². The predicted molar refractivity (Wildman–Crippen MR) is 97.1 cm³/mol. The molecule has 1 aromatic heterocycles. The van der Waals surface area contributed by atoms with Gasteiger partial charge in [-0.2, -0.15) is 4.98 Å². The number of rotatable bonds is 4. The molecule has 0 unspecified atom stereocenters. The minimum absolute atomic E-state index is 0.269. The summed E-state index contributed by atoms with van der Waals surface area (Å²) < 4.78 is 10.5. The predicted octanol–water partition coefficient (Wildman–Crippen LogP) is 2.94. The molecule has 0 N–H and O–H groups in total. The zero-order chi connectivity index (χ0) is 17.7. The van der Waals surface area contributed by atoms with E-state index >= 15 is 0 Å². The third-order valence-corrected chi connectivity index (χ3v) is 7.20. The Morgan fingerprint density at radius 1 is 1.15 bits per heavy atom. The quantitative estimate of drug-likeness (QED) is 0.771. The van der Waals surface area contributed by atoms with Gasteiger partial charge in [-0.05, 0) is 63.2 Å². The maximum Gasteiger partial charge on any atom is 0.360 e. The Hall–Kier alpha value is -1.56. The maximum absolute atomic E-state index is 11.8. The van der Waals surface area contributed by atoms with Crippen molar-refractivity contribution in [2.75, 3.05) is 37.7 Å². The van der Waals surface area contributed by atoms with Crippen LogP contribution in [0.3, 0.4) is 0 Å². The van der Waals surface area contributed by atoms with Gasteiger partial charge in [-0.1, -0.05) is 0 Å². The fraction of sp³-hybridized carbons (Fsp3) is 0.800. The van der Waals surface area contributed by atoms with Crippen LogP contribution in [0.25, 0.3) is 0 Å². The van der Waals surface area contributed by atoms with Crippen molar-refractivity contribution in [3.05, 3.63) is 12.0 Å². The molecular weight excluding hydrogens is 330 g/mol. The van der Waals surface area contributed by atoms with Crippen LogP contribution >= 0.6 is 0 Å². The molecule has 0 atom stereocenters. The Balaban J connectivity index is 1.24. The highest BCUT2D eigenvalue weighted by atomic mass is 16.5. The molecule has 4 bridgehead atoms. The van der Waals surface area contributed by atoms with E-state index in [9.17, 15) is 4.79 Å². The number of nitrogens with zero attached hydrogens (tertiary/aromatic N) is 3. The van der Waals surface area contributed by atoms with Crippen molar-refractivity contribution in [1.29, 1.82) is 0 Å². The van der Waals surface area contributed by atoms with E-state index in [0.29, 0.717) is 18.2 Å². The third-order valence-electron chi connectivity index (χ3n) is 7.20. The van der Waals surface area contributed by atoms with E-state index in [1.54, 1.807) is 6.92 Å². The monoisotopic (exact) mass is 359 g/mol. The first-order chi connectivity index (χ1) is 12.6. The van der Waals surface area contributed by atoms with Crippen LogP contribution in [-0.4, -0.2) is 54.2 Å². The Bertz CT molecular complexity index is 642. The number of ether oxygens (including phenoxy) is 1. The lowest BCUT2D eigenvalue weighted by molar-refractivity contribution is -0.0903. The van der Waals surface area contributed by atoms with Crippen molar-refractivity contribution < 1.29 is 13.9 Å². The number of hydrogen-bond acceptors (Lipinski definition) is 6. The summed E-state index contributed by atoms with van der Waals surface area (Å²) in [6.45, 7) is 6.13. The molecule has 0 radical (unpaired) electrons. The first kappa shape index (κ1) is 16.6. The first-order valence-corrected chi connectivity index (χ1v) is 10.3. The van der Waals surface area contributed by atoms with Gasteiger partial charge in [0.1, 0.15) is 6.26 Å². The van der Waals surface area contributed by atoms with E-state index in [1.165, 1.54) is 44.8 Å². The molecule has 4 aliphatic carbocycles. The fourth-order valence-electron chi connectivity index (χ4n) is 6.53. The van der Waals surface area contributed by atoms with E-state index in [0.717, 1.165) is 43.9 Å². The van der Waals surface area contributed by atoms with Crippen molar-refractivity contribution in [2.24, 2.45) is 17.8 Å². The van der Waals surface area contributed by atoms with E-state index in [1.807, 2.05) is 0 Å². The van der Waals surface area contributed by atoms with Gasteiger partial charge in [-0.25, -0.2) is 4.79 Å². The molecule has 4 saturated carbocycles. The Kier molecular flexibility index (Phi) is 3.99. The van der Waals surface area contributed by atoms with Crippen LogP contribution < -0.4 is 4.90 Å². The Labute approximate surface area is 154 Å². The van der Waals surface area contributed by atoms with Crippen LogP contribution in [0.15, 0.2) is 10.7 Å². The summed E-state index contributed by atoms with van der Waals surface area (Å²) in [7, 11) is 0. The van der Waals surface area contributed by atoms with Gasteiger partial charge < -0.3 is 14.1 Å². The van der Waals surface area contributed by atoms with E-state index < -0.39 is 5.97 Å². The van der Waals surface area contributed by atoms with Crippen molar-refractivity contribution >= 4 is 12.0 Å². The molecule has 1 aliphatic heterocycles. The zero-order valence-corrected chi connectivity index (χ0v) is 15.7. The van der Waals surface area contributed by atoms with E-state index in [-0.39, 0.29) is 5.69 Å². The Morgan fingerprint density at radius 2 is 1.77 bits per heavy atom. The summed E-state index contributed by atoms with van der Waals surface area (Å²) in [5.74, 6) is 2.55. The highest BCUT2D eigenvalue weighted by Crippen LogP contribution is 2.57. The molecule has 5 aliphatic rings. The van der Waals surface area contributed by atoms with Crippen LogP contribution in [0.4, 0.5) is 6.01 Å². The molecule has 0 spiro atoms. The van der Waals surface area contributed by atoms with Gasteiger partial charge in [0.15, 0.2) is 5.69 Å². The van der Waals surface area contributed by atoms with E-state index in [4.69, 9.17) is 9.15 Å². The molecule has 6 heteroatoms. The van der Waals surface area contributed by atoms with E-state index in [2.05, 4.69) is 14.8 Å². The summed E-state index contributed by atoms with van der Waals surface area (Å²) in [5, 5.41) is 0. The number of carbonyl (C=O) groups excluding carboxylic acids is 1. The van der Waals surface area contributed by atoms with Gasteiger partial charge in [-0.15, -0.1) is 0 Å². The van der Waals surface area contributed by atoms with Gasteiger partial charge in [0.2, 0.25) is 0 Å². The lowest BCUT2D eigenvalue weighted by atomic mass is 9.52. The van der Waals surface area contributed by atoms with Crippen molar-refractivity contribution in [2.45, 2.75) is 51.0 Å². The van der Waals surface area contributed by atoms with Crippen LogP contribution in [0, 0.1) is 17.8 Å². The molecule has 26 heavy (non-hydrogen) atoms. The van der Waals surface area contributed by atoms with Crippen molar-refractivity contribution in [3.63, 3.8) is 0 Å². The van der Waals surface area contributed by atoms with Crippen LogP contribution in [0.2, 0.25) is 0 Å². The van der Waals surface area contributed by atoms with Gasteiger partial charge in [0, 0.05) is 31.7 Å². The number of esters is 1. The SMILES string of the molecule is CCOC(=O)c1coc(N2CCN(C34CC5CC(CC(C5)C3)C4)CC2)n1. The normalized spacial score (nSPS) is 36.5. The van der Waals surface area contributed by atoms with Crippen LogP contribution in [0.1, 0.15) is 55.9 Å².